The van der Waals surface area contributed by atoms with Crippen molar-refractivity contribution in [3.8, 4) is 11.1 Å². The van der Waals surface area contributed by atoms with Crippen LogP contribution in [0.1, 0.15) is 0 Å². The number of fused-ring (bicyclic) bond motifs is 7. The zero-order valence-corrected chi connectivity index (χ0v) is 23.2. The van der Waals surface area contributed by atoms with Crippen LogP contribution >= 0.6 is 0 Å². The second kappa shape index (κ2) is 9.37. The summed E-state index contributed by atoms with van der Waals surface area (Å²) in [5.74, 6) is 0. The first-order valence-corrected chi connectivity index (χ1v) is 14.5. The minimum absolute atomic E-state index is 0.860. The summed E-state index contributed by atoms with van der Waals surface area (Å²) in [4.78, 5) is 2.32. The van der Waals surface area contributed by atoms with Gasteiger partial charge in [-0.25, -0.2) is 0 Å². The van der Waals surface area contributed by atoms with Gasteiger partial charge in [-0.05, 0) is 59.0 Å². The molecule has 0 unspecified atom stereocenters. The molecule has 0 radical (unpaired) electrons. The summed E-state index contributed by atoms with van der Waals surface area (Å²) in [6.45, 7) is 0. The standard InChI is InChI=1S/C40H25NO2/c1-2-10-26(11-3-1)29-22-23-36(31-13-5-4-12-30(29)31)41(27-18-20-34-32-14-6-8-16-37(32)42-39(34)24-27)28-19-21-35-33-15-7-9-17-38(33)43-40(35)25-28/h1-25H. The zero-order chi connectivity index (χ0) is 28.3. The number of benzene rings is 7. The van der Waals surface area contributed by atoms with Crippen molar-refractivity contribution in [2.24, 2.45) is 0 Å². The van der Waals surface area contributed by atoms with E-state index >= 15 is 0 Å². The van der Waals surface area contributed by atoms with Crippen LogP contribution in [-0.2, 0) is 0 Å². The van der Waals surface area contributed by atoms with Gasteiger partial charge in [-0.3, -0.25) is 0 Å². The van der Waals surface area contributed by atoms with Crippen LogP contribution in [0.3, 0.4) is 0 Å². The van der Waals surface area contributed by atoms with Crippen LogP contribution in [-0.4, -0.2) is 0 Å². The highest BCUT2D eigenvalue weighted by Crippen LogP contribution is 2.44. The average molecular weight is 552 g/mol. The lowest BCUT2D eigenvalue weighted by molar-refractivity contribution is 0.669. The molecule has 3 nitrogen and oxygen atoms in total. The van der Waals surface area contributed by atoms with E-state index in [0.29, 0.717) is 0 Å². The largest absolute Gasteiger partial charge is 0.456 e. The fourth-order valence-corrected chi connectivity index (χ4v) is 6.48. The van der Waals surface area contributed by atoms with Gasteiger partial charge in [0, 0.05) is 50.4 Å². The number of nitrogens with zero attached hydrogens (tertiary/aromatic N) is 1. The number of hydrogen-bond donors (Lipinski definition) is 0. The van der Waals surface area contributed by atoms with Crippen LogP contribution in [0.4, 0.5) is 17.1 Å². The first kappa shape index (κ1) is 23.9. The van der Waals surface area contributed by atoms with E-state index in [2.05, 4.69) is 132 Å². The summed E-state index contributed by atoms with van der Waals surface area (Å²) in [6.07, 6.45) is 0. The molecule has 0 fully saturated rings. The maximum atomic E-state index is 6.34. The Hall–Kier alpha value is -5.80. The molecule has 0 saturated heterocycles. The van der Waals surface area contributed by atoms with Gasteiger partial charge in [0.25, 0.3) is 0 Å². The molecule has 202 valence electrons. The molecular formula is C40H25NO2. The Morgan fingerprint density at radius 3 is 1.44 bits per heavy atom. The van der Waals surface area contributed by atoms with Crippen LogP contribution in [0.25, 0.3) is 65.8 Å². The van der Waals surface area contributed by atoms with Gasteiger partial charge in [0.15, 0.2) is 0 Å². The highest BCUT2D eigenvalue weighted by atomic mass is 16.3. The predicted octanol–water partition coefficient (Wildman–Crippen LogP) is 11.8. The van der Waals surface area contributed by atoms with Crippen molar-refractivity contribution in [1.82, 2.24) is 0 Å². The van der Waals surface area contributed by atoms with Gasteiger partial charge in [-0.1, -0.05) is 97.1 Å². The SMILES string of the molecule is c1ccc(-c2ccc(N(c3ccc4c(c3)oc3ccccc34)c3ccc4c(c3)oc3ccccc34)c3ccccc23)cc1. The van der Waals surface area contributed by atoms with Crippen molar-refractivity contribution in [1.29, 1.82) is 0 Å². The lowest BCUT2D eigenvalue weighted by atomic mass is 9.96. The number of hydrogen-bond acceptors (Lipinski definition) is 3. The highest BCUT2D eigenvalue weighted by molar-refractivity contribution is 6.10. The molecule has 2 heterocycles. The first-order chi connectivity index (χ1) is 21.3. The third kappa shape index (κ3) is 3.75. The van der Waals surface area contributed by atoms with Crippen LogP contribution in [0.5, 0.6) is 0 Å². The first-order valence-electron chi connectivity index (χ1n) is 14.5. The van der Waals surface area contributed by atoms with E-state index in [0.717, 1.165) is 60.9 Å². The smallest absolute Gasteiger partial charge is 0.137 e. The van der Waals surface area contributed by atoms with Crippen molar-refractivity contribution < 1.29 is 8.83 Å². The van der Waals surface area contributed by atoms with E-state index in [4.69, 9.17) is 8.83 Å². The monoisotopic (exact) mass is 551 g/mol. The summed E-state index contributed by atoms with van der Waals surface area (Å²) in [6, 6.07) is 53.1. The lowest BCUT2D eigenvalue weighted by Crippen LogP contribution is -2.10. The molecule has 0 bridgehead atoms. The second-order valence-electron chi connectivity index (χ2n) is 10.9. The Morgan fingerprint density at radius 1 is 0.349 bits per heavy atom. The Balaban J connectivity index is 1.31. The van der Waals surface area contributed by atoms with E-state index in [1.54, 1.807) is 0 Å². The molecule has 0 atom stereocenters. The van der Waals surface area contributed by atoms with Gasteiger partial charge in [0.1, 0.15) is 22.3 Å². The molecule has 0 saturated carbocycles. The fourth-order valence-electron chi connectivity index (χ4n) is 6.48. The van der Waals surface area contributed by atoms with Gasteiger partial charge in [0.2, 0.25) is 0 Å². The fraction of sp³-hybridized carbons (Fsp3) is 0. The van der Waals surface area contributed by atoms with Crippen LogP contribution < -0.4 is 4.90 Å². The summed E-state index contributed by atoms with van der Waals surface area (Å²) in [5, 5.41) is 6.82. The molecule has 3 heteroatoms. The molecule has 43 heavy (non-hydrogen) atoms. The second-order valence-corrected chi connectivity index (χ2v) is 10.9. The van der Waals surface area contributed by atoms with E-state index in [1.165, 1.54) is 21.9 Å². The number of anilines is 3. The van der Waals surface area contributed by atoms with E-state index in [-0.39, 0.29) is 0 Å². The molecular weight excluding hydrogens is 526 g/mol. The molecule has 9 aromatic rings. The van der Waals surface area contributed by atoms with Crippen LogP contribution in [0.2, 0.25) is 0 Å². The molecule has 0 aliphatic heterocycles. The van der Waals surface area contributed by atoms with Gasteiger partial charge in [-0.15, -0.1) is 0 Å². The number of furan rings is 2. The van der Waals surface area contributed by atoms with Gasteiger partial charge >= 0.3 is 0 Å². The molecule has 2 aromatic heterocycles. The Labute approximate surface area is 247 Å². The Bertz CT molecular complexity index is 2350. The zero-order valence-electron chi connectivity index (χ0n) is 23.2. The maximum Gasteiger partial charge on any atom is 0.137 e. The van der Waals surface area contributed by atoms with Gasteiger partial charge < -0.3 is 13.7 Å². The minimum Gasteiger partial charge on any atom is -0.456 e. The van der Waals surface area contributed by atoms with E-state index in [9.17, 15) is 0 Å². The quantitative estimate of drug-likeness (QED) is 0.218. The normalized spacial score (nSPS) is 11.7. The summed E-state index contributed by atoms with van der Waals surface area (Å²) in [7, 11) is 0. The highest BCUT2D eigenvalue weighted by Gasteiger charge is 2.20. The Morgan fingerprint density at radius 2 is 0.837 bits per heavy atom. The molecule has 0 spiro atoms. The van der Waals surface area contributed by atoms with Gasteiger partial charge in [-0.2, -0.15) is 0 Å². The molecule has 0 aliphatic carbocycles. The third-order valence-corrected chi connectivity index (χ3v) is 8.47. The van der Waals surface area contributed by atoms with E-state index < -0.39 is 0 Å². The number of para-hydroxylation sites is 2. The Kier molecular flexibility index (Phi) is 5.20. The minimum atomic E-state index is 0.860. The third-order valence-electron chi connectivity index (χ3n) is 8.47. The van der Waals surface area contributed by atoms with Crippen molar-refractivity contribution in [2.75, 3.05) is 4.90 Å². The van der Waals surface area contributed by atoms with Crippen molar-refractivity contribution in [2.45, 2.75) is 0 Å². The summed E-state index contributed by atoms with van der Waals surface area (Å²) in [5.41, 5.74) is 9.02. The van der Waals surface area contributed by atoms with E-state index in [1.807, 2.05) is 24.3 Å². The maximum absolute atomic E-state index is 6.34. The summed E-state index contributed by atoms with van der Waals surface area (Å²) < 4.78 is 12.7. The van der Waals surface area contributed by atoms with Gasteiger partial charge in [0.05, 0.1) is 5.69 Å². The lowest BCUT2D eigenvalue weighted by Gasteiger charge is -2.27. The van der Waals surface area contributed by atoms with Crippen molar-refractivity contribution in [3.63, 3.8) is 0 Å². The molecule has 0 N–H and O–H groups in total. The average Bonchev–Trinajstić information content (AvgIpc) is 3.63. The molecule has 0 amide bonds. The molecule has 9 rings (SSSR count). The van der Waals surface area contributed by atoms with Crippen molar-refractivity contribution in [3.05, 3.63) is 152 Å². The topological polar surface area (TPSA) is 29.5 Å². The van der Waals surface area contributed by atoms with Crippen molar-refractivity contribution >= 4 is 71.7 Å². The van der Waals surface area contributed by atoms with Crippen LogP contribution in [0.15, 0.2) is 160 Å². The molecule has 0 aliphatic rings. The van der Waals surface area contributed by atoms with Crippen LogP contribution in [0, 0.1) is 0 Å². The number of rotatable bonds is 4. The predicted molar refractivity (Wildman–Crippen MR) is 179 cm³/mol. The summed E-state index contributed by atoms with van der Waals surface area (Å²) >= 11 is 0. The molecule has 7 aromatic carbocycles.